The number of carbonyl (C=O) groups excluding carboxylic acids is 1. The molecule has 3 rings (SSSR count). The van der Waals surface area contributed by atoms with Crippen LogP contribution in [0, 0.1) is 5.41 Å². The number of para-hydroxylation sites is 1. The third-order valence-electron chi connectivity index (χ3n) is 4.75. The summed E-state index contributed by atoms with van der Waals surface area (Å²) in [6.07, 6.45) is 3.75. The number of aliphatic hydroxyl groups excluding tert-OH is 1. The van der Waals surface area contributed by atoms with Crippen LogP contribution in [0.4, 0.5) is 5.69 Å². The number of aliphatic hydroxyl groups is 1. The Morgan fingerprint density at radius 3 is 2.85 bits per heavy atom. The number of nitrogens with zero attached hydrogens (tertiary/aromatic N) is 1. The summed E-state index contributed by atoms with van der Waals surface area (Å²) in [4.78, 5) is 13.8. The topological polar surface area (TPSA) is 52.6 Å². The van der Waals surface area contributed by atoms with Gasteiger partial charge in [-0.1, -0.05) is 18.2 Å². The van der Waals surface area contributed by atoms with Gasteiger partial charge in [-0.15, -0.1) is 0 Å². The Labute approximate surface area is 119 Å². The number of carbonyl (C=O) groups is 1. The molecule has 4 heteroatoms. The Morgan fingerprint density at radius 2 is 2.15 bits per heavy atom. The molecule has 1 aliphatic carbocycles. The molecule has 0 bridgehead atoms. The number of amides is 1. The predicted molar refractivity (Wildman–Crippen MR) is 78.6 cm³/mol. The molecule has 1 aromatic rings. The van der Waals surface area contributed by atoms with Crippen molar-refractivity contribution in [3.05, 3.63) is 29.8 Å². The average Bonchev–Trinajstić information content (AvgIpc) is 3.22. The van der Waals surface area contributed by atoms with E-state index in [0.29, 0.717) is 6.42 Å². The number of fused-ring (bicyclic) bond motifs is 1. The Bertz CT molecular complexity index is 511. The number of rotatable bonds is 5. The van der Waals surface area contributed by atoms with E-state index in [9.17, 15) is 4.79 Å². The quantitative estimate of drug-likeness (QED) is 0.861. The molecule has 1 atom stereocenters. The van der Waals surface area contributed by atoms with Crippen LogP contribution in [-0.4, -0.2) is 31.2 Å². The molecule has 1 heterocycles. The molecular weight excluding hydrogens is 252 g/mol. The molecule has 0 saturated heterocycles. The first kappa shape index (κ1) is 13.6. The molecule has 1 saturated carbocycles. The maximum Gasteiger partial charge on any atom is 0.228 e. The first-order valence-electron chi connectivity index (χ1n) is 7.35. The van der Waals surface area contributed by atoms with Crippen molar-refractivity contribution in [2.45, 2.75) is 31.7 Å². The van der Waals surface area contributed by atoms with Crippen LogP contribution in [0.3, 0.4) is 0 Å². The molecule has 4 nitrogen and oxygen atoms in total. The van der Waals surface area contributed by atoms with E-state index in [1.54, 1.807) is 4.90 Å². The highest BCUT2D eigenvalue weighted by Crippen LogP contribution is 2.48. The standard InChI is InChI=1S/C16H22N2O2/c1-18-14-5-3-2-4-12(14)13(10-15(18)20)17-11-16(6-7-16)8-9-19/h2-5,13,17,19H,6-11H2,1H3. The molecule has 1 amide bonds. The molecule has 2 aliphatic rings. The van der Waals surface area contributed by atoms with Crippen molar-refractivity contribution in [1.82, 2.24) is 5.32 Å². The molecule has 0 radical (unpaired) electrons. The van der Waals surface area contributed by atoms with E-state index in [0.717, 1.165) is 18.7 Å². The van der Waals surface area contributed by atoms with Gasteiger partial charge in [0.15, 0.2) is 0 Å². The third kappa shape index (κ3) is 2.45. The fourth-order valence-electron chi connectivity index (χ4n) is 3.09. The molecule has 1 aliphatic heterocycles. The molecule has 1 aromatic carbocycles. The van der Waals surface area contributed by atoms with E-state index < -0.39 is 0 Å². The van der Waals surface area contributed by atoms with Gasteiger partial charge in [-0.2, -0.15) is 0 Å². The second-order valence-corrected chi connectivity index (χ2v) is 6.12. The summed E-state index contributed by atoms with van der Waals surface area (Å²) < 4.78 is 0. The van der Waals surface area contributed by atoms with Crippen LogP contribution < -0.4 is 10.2 Å². The highest BCUT2D eigenvalue weighted by atomic mass is 16.3. The van der Waals surface area contributed by atoms with Crippen LogP contribution in [0.25, 0.3) is 0 Å². The summed E-state index contributed by atoms with van der Waals surface area (Å²) in [5, 5.41) is 12.7. The van der Waals surface area contributed by atoms with Crippen molar-refractivity contribution >= 4 is 11.6 Å². The van der Waals surface area contributed by atoms with E-state index in [1.165, 1.54) is 18.4 Å². The van der Waals surface area contributed by atoms with Gasteiger partial charge >= 0.3 is 0 Å². The summed E-state index contributed by atoms with van der Waals surface area (Å²) >= 11 is 0. The minimum Gasteiger partial charge on any atom is -0.396 e. The van der Waals surface area contributed by atoms with Crippen LogP contribution in [0.1, 0.15) is 37.3 Å². The second-order valence-electron chi connectivity index (χ2n) is 6.12. The van der Waals surface area contributed by atoms with E-state index in [4.69, 9.17) is 5.11 Å². The van der Waals surface area contributed by atoms with Gasteiger partial charge in [0, 0.05) is 38.3 Å². The van der Waals surface area contributed by atoms with Crippen LogP contribution in [0.5, 0.6) is 0 Å². The number of hydrogen-bond acceptors (Lipinski definition) is 3. The summed E-state index contributed by atoms with van der Waals surface area (Å²) in [5.74, 6) is 0.160. The third-order valence-corrected chi connectivity index (χ3v) is 4.75. The Kier molecular flexibility index (Phi) is 3.52. The first-order valence-corrected chi connectivity index (χ1v) is 7.35. The highest BCUT2D eigenvalue weighted by Gasteiger charge is 2.42. The number of hydrogen-bond donors (Lipinski definition) is 2. The monoisotopic (exact) mass is 274 g/mol. The SMILES string of the molecule is CN1C(=O)CC(NCC2(CCO)CC2)c2ccccc21. The lowest BCUT2D eigenvalue weighted by Crippen LogP contribution is -2.39. The zero-order chi connectivity index (χ0) is 14.2. The van der Waals surface area contributed by atoms with Crippen LogP contribution >= 0.6 is 0 Å². The molecule has 2 N–H and O–H groups in total. The second kappa shape index (κ2) is 5.19. The van der Waals surface area contributed by atoms with Crippen molar-refractivity contribution < 1.29 is 9.90 Å². The summed E-state index contributed by atoms with van der Waals surface area (Å²) in [6, 6.07) is 8.20. The fraction of sp³-hybridized carbons (Fsp3) is 0.562. The normalized spacial score (nSPS) is 23.6. The highest BCUT2D eigenvalue weighted by molar-refractivity contribution is 5.96. The Hall–Kier alpha value is -1.39. The van der Waals surface area contributed by atoms with E-state index in [1.807, 2.05) is 25.2 Å². The number of anilines is 1. The van der Waals surface area contributed by atoms with Gasteiger partial charge in [-0.05, 0) is 36.3 Å². The van der Waals surface area contributed by atoms with Gasteiger partial charge in [0.05, 0.1) is 0 Å². The molecule has 1 fully saturated rings. The summed E-state index contributed by atoms with van der Waals surface area (Å²) in [6.45, 7) is 1.15. The van der Waals surface area contributed by atoms with Crippen molar-refractivity contribution in [2.75, 3.05) is 25.1 Å². The minimum absolute atomic E-state index is 0.103. The van der Waals surface area contributed by atoms with Gasteiger partial charge in [-0.3, -0.25) is 4.79 Å². The van der Waals surface area contributed by atoms with Crippen molar-refractivity contribution in [1.29, 1.82) is 0 Å². The molecular formula is C16H22N2O2. The van der Waals surface area contributed by atoms with Gasteiger partial charge < -0.3 is 15.3 Å². The van der Waals surface area contributed by atoms with Gasteiger partial charge in [0.1, 0.15) is 0 Å². The molecule has 1 unspecified atom stereocenters. The van der Waals surface area contributed by atoms with Crippen molar-refractivity contribution in [2.24, 2.45) is 5.41 Å². The van der Waals surface area contributed by atoms with E-state index in [-0.39, 0.29) is 24.0 Å². The van der Waals surface area contributed by atoms with Crippen LogP contribution in [0.2, 0.25) is 0 Å². The molecule has 108 valence electrons. The molecule has 0 aromatic heterocycles. The lowest BCUT2D eigenvalue weighted by atomic mass is 9.94. The maximum absolute atomic E-state index is 12.1. The number of benzene rings is 1. The van der Waals surface area contributed by atoms with E-state index >= 15 is 0 Å². The Balaban J connectivity index is 1.74. The van der Waals surface area contributed by atoms with Crippen molar-refractivity contribution in [3.63, 3.8) is 0 Å². The maximum atomic E-state index is 12.1. The molecule has 0 spiro atoms. The van der Waals surface area contributed by atoms with E-state index in [2.05, 4.69) is 11.4 Å². The Morgan fingerprint density at radius 1 is 1.40 bits per heavy atom. The average molecular weight is 274 g/mol. The fourth-order valence-corrected chi connectivity index (χ4v) is 3.09. The van der Waals surface area contributed by atoms with Gasteiger partial charge in [0.25, 0.3) is 0 Å². The van der Waals surface area contributed by atoms with Gasteiger partial charge in [0.2, 0.25) is 5.91 Å². The largest absolute Gasteiger partial charge is 0.396 e. The predicted octanol–water partition coefficient (Wildman–Crippen LogP) is 1.85. The zero-order valence-electron chi connectivity index (χ0n) is 11.9. The van der Waals surface area contributed by atoms with Crippen molar-refractivity contribution in [3.8, 4) is 0 Å². The summed E-state index contributed by atoms with van der Waals surface area (Å²) in [5.41, 5.74) is 2.48. The van der Waals surface area contributed by atoms with Crippen LogP contribution in [-0.2, 0) is 4.79 Å². The van der Waals surface area contributed by atoms with Gasteiger partial charge in [-0.25, -0.2) is 0 Å². The number of nitrogens with one attached hydrogen (secondary N) is 1. The smallest absolute Gasteiger partial charge is 0.228 e. The lowest BCUT2D eigenvalue weighted by Gasteiger charge is -2.33. The first-order chi connectivity index (χ1) is 9.65. The zero-order valence-corrected chi connectivity index (χ0v) is 11.9. The minimum atomic E-state index is 0.103. The van der Waals surface area contributed by atoms with Crippen LogP contribution in [0.15, 0.2) is 24.3 Å². The lowest BCUT2D eigenvalue weighted by molar-refractivity contribution is -0.119. The summed E-state index contributed by atoms with van der Waals surface area (Å²) in [7, 11) is 1.84. The molecule has 20 heavy (non-hydrogen) atoms.